The van der Waals surface area contributed by atoms with E-state index in [0.29, 0.717) is 6.54 Å². The van der Waals surface area contributed by atoms with E-state index in [0.717, 1.165) is 36.7 Å². The predicted molar refractivity (Wildman–Crippen MR) is 65.4 cm³/mol. The Morgan fingerprint density at radius 3 is 3.12 bits per heavy atom. The van der Waals surface area contributed by atoms with Gasteiger partial charge in [-0.25, -0.2) is 4.98 Å². The summed E-state index contributed by atoms with van der Waals surface area (Å²) in [4.78, 5) is 10.8. The highest BCUT2D eigenvalue weighted by Crippen LogP contribution is 2.22. The zero-order chi connectivity index (χ0) is 11.7. The summed E-state index contributed by atoms with van der Waals surface area (Å²) < 4.78 is 2.19. The highest BCUT2D eigenvalue weighted by molar-refractivity contribution is 5.52. The second kappa shape index (κ2) is 4.18. The molecule has 0 amide bonds. The van der Waals surface area contributed by atoms with E-state index in [1.54, 1.807) is 6.20 Å². The molecule has 0 aromatic carbocycles. The lowest BCUT2D eigenvalue weighted by molar-refractivity contribution is 0.558. The molecule has 0 radical (unpaired) electrons. The SMILES string of the molecule is NCc1ccncc1N1CCn2ccnc2C1. The fraction of sp³-hybridized carbons (Fsp3) is 0.333. The molecule has 3 rings (SSSR count). The minimum Gasteiger partial charge on any atom is -0.361 e. The Morgan fingerprint density at radius 2 is 2.24 bits per heavy atom. The molecule has 3 heterocycles. The van der Waals surface area contributed by atoms with Crippen molar-refractivity contribution in [2.45, 2.75) is 19.6 Å². The first-order chi connectivity index (χ1) is 8.38. The van der Waals surface area contributed by atoms with Crippen LogP contribution in [0.15, 0.2) is 30.9 Å². The summed E-state index contributed by atoms with van der Waals surface area (Å²) >= 11 is 0. The Labute approximate surface area is 99.9 Å². The molecule has 2 aromatic heterocycles. The maximum absolute atomic E-state index is 5.76. The number of anilines is 1. The number of nitrogens with zero attached hydrogens (tertiary/aromatic N) is 4. The first kappa shape index (κ1) is 10.3. The number of hydrogen-bond acceptors (Lipinski definition) is 4. The van der Waals surface area contributed by atoms with Crippen molar-refractivity contribution in [3.8, 4) is 0 Å². The number of nitrogens with two attached hydrogens (primary N) is 1. The smallest absolute Gasteiger partial charge is 0.128 e. The number of rotatable bonds is 2. The summed E-state index contributed by atoms with van der Waals surface area (Å²) in [5.41, 5.74) is 8.02. The van der Waals surface area contributed by atoms with Gasteiger partial charge in [0.2, 0.25) is 0 Å². The van der Waals surface area contributed by atoms with Crippen LogP contribution in [0.5, 0.6) is 0 Å². The van der Waals surface area contributed by atoms with Crippen LogP contribution < -0.4 is 10.6 Å². The molecular weight excluding hydrogens is 214 g/mol. The number of pyridine rings is 1. The average molecular weight is 229 g/mol. The van der Waals surface area contributed by atoms with Crippen molar-refractivity contribution < 1.29 is 0 Å². The second-order valence-corrected chi connectivity index (χ2v) is 4.17. The van der Waals surface area contributed by atoms with Gasteiger partial charge in [-0.2, -0.15) is 0 Å². The van der Waals surface area contributed by atoms with E-state index >= 15 is 0 Å². The van der Waals surface area contributed by atoms with E-state index in [1.165, 1.54) is 0 Å². The van der Waals surface area contributed by atoms with E-state index < -0.39 is 0 Å². The van der Waals surface area contributed by atoms with Gasteiger partial charge in [-0.1, -0.05) is 0 Å². The van der Waals surface area contributed by atoms with Gasteiger partial charge in [0.25, 0.3) is 0 Å². The summed E-state index contributed by atoms with van der Waals surface area (Å²) in [5.74, 6) is 1.10. The predicted octanol–water partition coefficient (Wildman–Crippen LogP) is 0.757. The summed E-state index contributed by atoms with van der Waals surface area (Å²) in [7, 11) is 0. The lowest BCUT2D eigenvalue weighted by atomic mass is 10.2. The third-order valence-electron chi connectivity index (χ3n) is 3.19. The minimum absolute atomic E-state index is 0.544. The summed E-state index contributed by atoms with van der Waals surface area (Å²) in [6.07, 6.45) is 7.56. The molecule has 2 aromatic rings. The quantitative estimate of drug-likeness (QED) is 0.825. The zero-order valence-corrected chi connectivity index (χ0v) is 9.58. The average Bonchev–Trinajstić information content (AvgIpc) is 2.85. The van der Waals surface area contributed by atoms with Gasteiger partial charge in [0.15, 0.2) is 0 Å². The van der Waals surface area contributed by atoms with Gasteiger partial charge in [0, 0.05) is 38.2 Å². The molecule has 1 aliphatic rings. The zero-order valence-electron chi connectivity index (χ0n) is 9.58. The van der Waals surface area contributed by atoms with Crippen LogP contribution in [0.2, 0.25) is 0 Å². The van der Waals surface area contributed by atoms with Crippen molar-refractivity contribution in [2.75, 3.05) is 11.4 Å². The molecule has 5 nitrogen and oxygen atoms in total. The van der Waals surface area contributed by atoms with E-state index in [2.05, 4.69) is 19.4 Å². The molecule has 0 bridgehead atoms. The molecule has 0 atom stereocenters. The van der Waals surface area contributed by atoms with Crippen molar-refractivity contribution in [1.82, 2.24) is 14.5 Å². The third-order valence-corrected chi connectivity index (χ3v) is 3.19. The molecule has 0 unspecified atom stereocenters. The molecule has 88 valence electrons. The van der Waals surface area contributed by atoms with Gasteiger partial charge in [-0.05, 0) is 11.6 Å². The summed E-state index contributed by atoms with van der Waals surface area (Å²) in [6.45, 7) is 3.31. The van der Waals surface area contributed by atoms with Crippen molar-refractivity contribution in [1.29, 1.82) is 0 Å². The first-order valence-electron chi connectivity index (χ1n) is 5.76. The molecule has 0 aliphatic carbocycles. The molecule has 17 heavy (non-hydrogen) atoms. The van der Waals surface area contributed by atoms with Crippen LogP contribution in [0, 0.1) is 0 Å². The second-order valence-electron chi connectivity index (χ2n) is 4.17. The molecule has 5 heteroatoms. The van der Waals surface area contributed by atoms with Gasteiger partial charge < -0.3 is 15.2 Å². The molecule has 0 spiro atoms. The Bertz CT molecular complexity index is 519. The van der Waals surface area contributed by atoms with Crippen molar-refractivity contribution in [3.05, 3.63) is 42.2 Å². The van der Waals surface area contributed by atoms with Gasteiger partial charge in [0.1, 0.15) is 5.82 Å². The maximum Gasteiger partial charge on any atom is 0.128 e. The van der Waals surface area contributed by atoms with Crippen LogP contribution in [0.1, 0.15) is 11.4 Å². The Hall–Kier alpha value is -1.88. The van der Waals surface area contributed by atoms with E-state index in [4.69, 9.17) is 5.73 Å². The molecule has 0 saturated heterocycles. The number of imidazole rings is 1. The van der Waals surface area contributed by atoms with Crippen LogP contribution in [0.25, 0.3) is 0 Å². The largest absolute Gasteiger partial charge is 0.361 e. The fourth-order valence-corrected chi connectivity index (χ4v) is 2.25. The van der Waals surface area contributed by atoms with Crippen LogP contribution >= 0.6 is 0 Å². The van der Waals surface area contributed by atoms with E-state index in [9.17, 15) is 0 Å². The van der Waals surface area contributed by atoms with Gasteiger partial charge >= 0.3 is 0 Å². The summed E-state index contributed by atoms with van der Waals surface area (Å²) in [6, 6.07) is 1.98. The highest BCUT2D eigenvalue weighted by atomic mass is 15.2. The standard InChI is InChI=1S/C12H15N5/c13-7-10-1-2-14-8-11(10)17-6-5-16-4-3-15-12(16)9-17/h1-4,8H,5-7,9,13H2. The molecule has 0 fully saturated rings. The van der Waals surface area contributed by atoms with Crippen molar-refractivity contribution >= 4 is 5.69 Å². The number of hydrogen-bond donors (Lipinski definition) is 1. The van der Waals surface area contributed by atoms with Crippen LogP contribution in [-0.2, 0) is 19.6 Å². The third kappa shape index (κ3) is 1.78. The Kier molecular flexibility index (Phi) is 2.53. The minimum atomic E-state index is 0.544. The summed E-state index contributed by atoms with van der Waals surface area (Å²) in [5, 5.41) is 0. The Morgan fingerprint density at radius 1 is 1.29 bits per heavy atom. The number of aromatic nitrogens is 3. The number of fused-ring (bicyclic) bond motifs is 1. The molecule has 0 saturated carbocycles. The normalized spacial score (nSPS) is 14.8. The molecule has 1 aliphatic heterocycles. The fourth-order valence-electron chi connectivity index (χ4n) is 2.25. The molecular formula is C12H15N5. The van der Waals surface area contributed by atoms with Crippen LogP contribution in [0.3, 0.4) is 0 Å². The topological polar surface area (TPSA) is 60.0 Å². The Balaban J connectivity index is 1.91. The van der Waals surface area contributed by atoms with E-state index in [1.807, 2.05) is 24.7 Å². The van der Waals surface area contributed by atoms with Crippen LogP contribution in [0.4, 0.5) is 5.69 Å². The van der Waals surface area contributed by atoms with Gasteiger partial charge in [0.05, 0.1) is 18.4 Å². The van der Waals surface area contributed by atoms with Gasteiger partial charge in [-0.15, -0.1) is 0 Å². The van der Waals surface area contributed by atoms with Crippen molar-refractivity contribution in [3.63, 3.8) is 0 Å². The monoisotopic (exact) mass is 229 g/mol. The van der Waals surface area contributed by atoms with E-state index in [-0.39, 0.29) is 0 Å². The molecule has 2 N–H and O–H groups in total. The maximum atomic E-state index is 5.76. The first-order valence-corrected chi connectivity index (χ1v) is 5.76. The van der Waals surface area contributed by atoms with Gasteiger partial charge in [-0.3, -0.25) is 4.98 Å². The van der Waals surface area contributed by atoms with Crippen LogP contribution in [-0.4, -0.2) is 21.1 Å². The lowest BCUT2D eigenvalue weighted by Gasteiger charge is -2.30. The van der Waals surface area contributed by atoms with Crippen molar-refractivity contribution in [2.24, 2.45) is 5.73 Å². The lowest BCUT2D eigenvalue weighted by Crippen LogP contribution is -2.34. The highest BCUT2D eigenvalue weighted by Gasteiger charge is 2.18.